The number of carbonyl (C=O) groups is 1. The molecule has 24 heavy (non-hydrogen) atoms. The van der Waals surface area contributed by atoms with Crippen molar-refractivity contribution < 1.29 is 4.79 Å². The van der Waals surface area contributed by atoms with Crippen LogP contribution >= 0.6 is 11.3 Å². The molecule has 0 aliphatic carbocycles. The number of aromatic nitrogens is 5. The van der Waals surface area contributed by atoms with E-state index in [9.17, 15) is 4.79 Å². The van der Waals surface area contributed by atoms with Crippen molar-refractivity contribution in [2.24, 2.45) is 7.05 Å². The highest BCUT2D eigenvalue weighted by Crippen LogP contribution is 2.27. The molecule has 1 N–H and O–H groups in total. The van der Waals surface area contributed by atoms with Crippen LogP contribution in [0.3, 0.4) is 0 Å². The first-order valence-corrected chi connectivity index (χ1v) is 8.35. The van der Waals surface area contributed by atoms with E-state index in [0.717, 1.165) is 22.6 Å². The average Bonchev–Trinajstić information content (AvgIpc) is 3.13. The van der Waals surface area contributed by atoms with Gasteiger partial charge in [-0.05, 0) is 32.9 Å². The molecular formula is C16H18N6OS. The van der Waals surface area contributed by atoms with Crippen LogP contribution in [0.4, 0.5) is 5.13 Å². The van der Waals surface area contributed by atoms with Gasteiger partial charge in [0.1, 0.15) is 5.69 Å². The zero-order valence-electron chi connectivity index (χ0n) is 13.9. The Hall–Kier alpha value is -2.61. The van der Waals surface area contributed by atoms with Crippen molar-refractivity contribution in [1.29, 1.82) is 0 Å². The van der Waals surface area contributed by atoms with E-state index in [2.05, 4.69) is 25.6 Å². The van der Waals surface area contributed by atoms with Crippen molar-refractivity contribution in [3.63, 3.8) is 0 Å². The lowest BCUT2D eigenvalue weighted by atomic mass is 9.98. The van der Waals surface area contributed by atoms with E-state index in [-0.39, 0.29) is 11.8 Å². The number of nitrogens with zero attached hydrogens (tertiary/aromatic N) is 5. The van der Waals surface area contributed by atoms with Crippen LogP contribution in [0.5, 0.6) is 0 Å². The first kappa shape index (κ1) is 16.3. The van der Waals surface area contributed by atoms with Gasteiger partial charge in [-0.15, -0.1) is 10.2 Å². The van der Waals surface area contributed by atoms with Gasteiger partial charge in [-0.1, -0.05) is 17.4 Å². The fraction of sp³-hybridized carbons (Fsp3) is 0.312. The Balaban J connectivity index is 1.77. The van der Waals surface area contributed by atoms with Crippen LogP contribution in [0.1, 0.15) is 29.8 Å². The van der Waals surface area contributed by atoms with Crippen molar-refractivity contribution in [3.05, 3.63) is 41.3 Å². The molecule has 3 aromatic rings. The number of anilines is 1. The van der Waals surface area contributed by atoms with Crippen LogP contribution in [-0.4, -0.2) is 30.9 Å². The van der Waals surface area contributed by atoms with Crippen molar-refractivity contribution in [3.8, 4) is 10.7 Å². The predicted octanol–water partition coefficient (Wildman–Crippen LogP) is 2.69. The third kappa shape index (κ3) is 3.05. The van der Waals surface area contributed by atoms with Gasteiger partial charge in [-0.25, -0.2) is 0 Å². The first-order valence-electron chi connectivity index (χ1n) is 7.53. The summed E-state index contributed by atoms with van der Waals surface area (Å²) in [5.41, 5.74) is 3.54. The lowest BCUT2D eigenvalue weighted by Gasteiger charge is -2.11. The third-order valence-electron chi connectivity index (χ3n) is 3.93. The number of carbonyl (C=O) groups excluding carboxylic acids is 1. The fourth-order valence-corrected chi connectivity index (χ4v) is 3.35. The maximum atomic E-state index is 12.5. The van der Waals surface area contributed by atoms with E-state index in [4.69, 9.17) is 0 Å². The summed E-state index contributed by atoms with van der Waals surface area (Å²) in [6.07, 6.45) is 1.70. The van der Waals surface area contributed by atoms with Crippen LogP contribution in [0.25, 0.3) is 10.7 Å². The molecule has 0 radical (unpaired) electrons. The molecule has 0 aromatic carbocycles. The molecule has 1 unspecified atom stereocenters. The maximum absolute atomic E-state index is 12.5. The van der Waals surface area contributed by atoms with Crippen LogP contribution in [0, 0.1) is 13.8 Å². The zero-order valence-corrected chi connectivity index (χ0v) is 14.8. The normalized spacial score (nSPS) is 12.2. The SMILES string of the molecule is Cc1nn(C)c(C)c1C(C)C(=O)Nc1nnc(-c2ccccn2)s1. The van der Waals surface area contributed by atoms with E-state index >= 15 is 0 Å². The molecular weight excluding hydrogens is 324 g/mol. The van der Waals surface area contributed by atoms with Gasteiger partial charge >= 0.3 is 0 Å². The molecule has 3 heterocycles. The smallest absolute Gasteiger partial charge is 0.233 e. The van der Waals surface area contributed by atoms with Crippen LogP contribution < -0.4 is 5.32 Å². The van der Waals surface area contributed by atoms with Gasteiger partial charge in [0.25, 0.3) is 0 Å². The Morgan fingerprint density at radius 1 is 1.29 bits per heavy atom. The molecule has 8 heteroatoms. The van der Waals surface area contributed by atoms with E-state index in [1.807, 2.05) is 46.0 Å². The summed E-state index contributed by atoms with van der Waals surface area (Å²) in [5.74, 6) is -0.446. The second-order valence-corrected chi connectivity index (χ2v) is 6.52. The molecule has 124 valence electrons. The molecule has 0 aliphatic heterocycles. The summed E-state index contributed by atoms with van der Waals surface area (Å²) in [4.78, 5) is 16.8. The number of rotatable bonds is 4. The molecule has 0 saturated heterocycles. The summed E-state index contributed by atoms with van der Waals surface area (Å²) in [6.45, 7) is 5.74. The fourth-order valence-electron chi connectivity index (χ4n) is 2.63. The topological polar surface area (TPSA) is 85.6 Å². The Morgan fingerprint density at radius 3 is 2.71 bits per heavy atom. The quantitative estimate of drug-likeness (QED) is 0.788. The van der Waals surface area contributed by atoms with Gasteiger partial charge in [0, 0.05) is 24.5 Å². The molecule has 0 fully saturated rings. The van der Waals surface area contributed by atoms with E-state index in [1.54, 1.807) is 10.9 Å². The second-order valence-electron chi connectivity index (χ2n) is 5.55. The van der Waals surface area contributed by atoms with Crippen molar-refractivity contribution >= 4 is 22.4 Å². The molecule has 0 saturated carbocycles. The Kier molecular flexibility index (Phi) is 4.39. The third-order valence-corrected chi connectivity index (χ3v) is 4.79. The van der Waals surface area contributed by atoms with Crippen LogP contribution in [-0.2, 0) is 11.8 Å². The Labute approximate surface area is 143 Å². The second kappa shape index (κ2) is 6.48. The molecule has 3 rings (SSSR count). The minimum atomic E-state index is -0.319. The van der Waals surface area contributed by atoms with Crippen molar-refractivity contribution in [2.45, 2.75) is 26.7 Å². The number of nitrogens with one attached hydrogen (secondary N) is 1. The average molecular weight is 342 g/mol. The summed E-state index contributed by atoms with van der Waals surface area (Å²) in [5, 5.41) is 16.5. The summed E-state index contributed by atoms with van der Waals surface area (Å²) < 4.78 is 1.79. The van der Waals surface area contributed by atoms with E-state index in [0.29, 0.717) is 10.1 Å². The lowest BCUT2D eigenvalue weighted by Crippen LogP contribution is -2.19. The largest absolute Gasteiger partial charge is 0.300 e. The molecule has 7 nitrogen and oxygen atoms in total. The molecule has 0 bridgehead atoms. The van der Waals surface area contributed by atoms with Gasteiger partial charge in [0.05, 0.1) is 11.6 Å². The van der Waals surface area contributed by atoms with E-state index < -0.39 is 0 Å². The molecule has 3 aromatic heterocycles. The number of pyridine rings is 1. The minimum absolute atomic E-state index is 0.127. The Morgan fingerprint density at radius 2 is 2.08 bits per heavy atom. The summed E-state index contributed by atoms with van der Waals surface area (Å²) >= 11 is 1.30. The van der Waals surface area contributed by atoms with Gasteiger partial charge in [-0.3, -0.25) is 19.8 Å². The van der Waals surface area contributed by atoms with Crippen molar-refractivity contribution in [1.82, 2.24) is 25.0 Å². The number of amides is 1. The standard InChI is InChI=1S/C16H18N6OS/c1-9(13-10(2)21-22(4)11(13)3)14(23)18-16-20-19-15(24-16)12-7-5-6-8-17-12/h5-9H,1-4H3,(H,18,20,23). The van der Waals surface area contributed by atoms with Gasteiger partial charge < -0.3 is 0 Å². The summed E-state index contributed by atoms with van der Waals surface area (Å²) in [6, 6.07) is 5.59. The highest BCUT2D eigenvalue weighted by Gasteiger charge is 2.23. The van der Waals surface area contributed by atoms with E-state index in [1.165, 1.54) is 11.3 Å². The highest BCUT2D eigenvalue weighted by atomic mass is 32.1. The molecule has 1 amide bonds. The molecule has 1 atom stereocenters. The predicted molar refractivity (Wildman–Crippen MR) is 92.9 cm³/mol. The number of hydrogen-bond donors (Lipinski definition) is 1. The minimum Gasteiger partial charge on any atom is -0.300 e. The highest BCUT2D eigenvalue weighted by molar-refractivity contribution is 7.18. The molecule has 0 spiro atoms. The van der Waals surface area contributed by atoms with Crippen molar-refractivity contribution in [2.75, 3.05) is 5.32 Å². The lowest BCUT2D eigenvalue weighted by molar-refractivity contribution is -0.117. The number of aryl methyl sites for hydroxylation is 2. The van der Waals surface area contributed by atoms with Gasteiger partial charge in [0.2, 0.25) is 11.0 Å². The van der Waals surface area contributed by atoms with Gasteiger partial charge in [-0.2, -0.15) is 5.10 Å². The summed E-state index contributed by atoms with van der Waals surface area (Å²) in [7, 11) is 1.88. The van der Waals surface area contributed by atoms with Crippen LogP contribution in [0.2, 0.25) is 0 Å². The maximum Gasteiger partial charge on any atom is 0.233 e. The number of hydrogen-bond acceptors (Lipinski definition) is 6. The molecule has 0 aliphatic rings. The monoisotopic (exact) mass is 342 g/mol. The van der Waals surface area contributed by atoms with Crippen LogP contribution in [0.15, 0.2) is 24.4 Å². The first-order chi connectivity index (χ1) is 11.5. The Bertz CT molecular complexity index is 870. The van der Waals surface area contributed by atoms with Gasteiger partial charge in [0.15, 0.2) is 5.01 Å². The zero-order chi connectivity index (χ0) is 17.3.